The Hall–Kier alpha value is 0.0700. The number of rotatable bonds is 13. The highest BCUT2D eigenvalue weighted by atomic mass is 32.2. The molecule has 2 atom stereocenters. The zero-order chi connectivity index (χ0) is 13.6. The summed E-state index contributed by atoms with van der Waals surface area (Å²) in [5.74, 6) is 0. The van der Waals surface area contributed by atoms with Crippen LogP contribution in [0, 0.1) is 0 Å². The van der Waals surface area contributed by atoms with Crippen molar-refractivity contribution in [2.75, 3.05) is 0 Å². The molecule has 18 heavy (non-hydrogen) atoms. The van der Waals surface area contributed by atoms with E-state index >= 15 is 0 Å². The highest BCUT2D eigenvalue weighted by Crippen LogP contribution is 2.12. The lowest BCUT2D eigenvalue weighted by Crippen LogP contribution is -2.25. The van der Waals surface area contributed by atoms with Gasteiger partial charge in [0, 0.05) is 0 Å². The fourth-order valence-corrected chi connectivity index (χ4v) is 2.47. The molecule has 0 bridgehead atoms. The highest BCUT2D eigenvalue weighted by molar-refractivity contribution is 7.79. The molecule has 0 fully saturated rings. The van der Waals surface area contributed by atoms with Gasteiger partial charge in [0.15, 0.2) is 0 Å². The first kappa shape index (κ1) is 18.1. The van der Waals surface area contributed by atoms with E-state index in [1.54, 1.807) is 0 Å². The molecule has 0 aliphatic heterocycles. The number of nitrogens with two attached hydrogens (primary N) is 1. The lowest BCUT2D eigenvalue weighted by molar-refractivity contribution is 0.505. The minimum absolute atomic E-state index is 0.604. The molecule has 0 amide bonds. The predicted octanol–water partition coefficient (Wildman–Crippen LogP) is 3.85. The summed E-state index contributed by atoms with van der Waals surface area (Å²) in [6, 6.07) is 0. The Labute approximate surface area is 115 Å². The third kappa shape index (κ3) is 12.5. The van der Waals surface area contributed by atoms with Gasteiger partial charge in [-0.1, -0.05) is 77.6 Å². The first-order chi connectivity index (χ1) is 8.68. The van der Waals surface area contributed by atoms with E-state index in [-0.39, 0.29) is 0 Å². The summed E-state index contributed by atoms with van der Waals surface area (Å²) < 4.78 is 21.0. The number of hydrogen-bond donors (Lipinski definition) is 1. The van der Waals surface area contributed by atoms with Crippen LogP contribution in [0.3, 0.4) is 0 Å². The van der Waals surface area contributed by atoms with E-state index in [2.05, 4.69) is 6.92 Å². The van der Waals surface area contributed by atoms with Crippen molar-refractivity contribution in [1.29, 1.82) is 0 Å². The zero-order valence-corrected chi connectivity index (χ0v) is 12.7. The van der Waals surface area contributed by atoms with Crippen molar-refractivity contribution in [2.24, 2.45) is 5.73 Å². The fraction of sp³-hybridized carbons (Fsp3) is 1.00. The van der Waals surface area contributed by atoms with Gasteiger partial charge in [0.2, 0.25) is 0 Å². The minimum Gasteiger partial charge on any atom is -0.771 e. The molecule has 0 aliphatic rings. The van der Waals surface area contributed by atoms with Crippen LogP contribution in [-0.4, -0.2) is 14.1 Å². The van der Waals surface area contributed by atoms with E-state index in [1.807, 2.05) is 0 Å². The van der Waals surface area contributed by atoms with Gasteiger partial charge >= 0.3 is 0 Å². The maximum Gasteiger partial charge on any atom is 0.0676 e. The van der Waals surface area contributed by atoms with E-state index < -0.39 is 16.5 Å². The Morgan fingerprint density at radius 3 is 1.67 bits per heavy atom. The third-order valence-electron chi connectivity index (χ3n) is 3.34. The summed E-state index contributed by atoms with van der Waals surface area (Å²) in [4.78, 5) is 0. The van der Waals surface area contributed by atoms with Crippen molar-refractivity contribution in [3.05, 3.63) is 0 Å². The van der Waals surface area contributed by atoms with Crippen molar-refractivity contribution in [2.45, 2.75) is 89.3 Å². The Balaban J connectivity index is 3.05. The second-order valence-electron chi connectivity index (χ2n) is 5.12. The van der Waals surface area contributed by atoms with Crippen LogP contribution in [0.15, 0.2) is 0 Å². The molecule has 0 saturated carbocycles. The Kier molecular flexibility index (Phi) is 13.6. The number of hydrogen-bond acceptors (Lipinski definition) is 3. The van der Waals surface area contributed by atoms with Crippen LogP contribution in [0.2, 0.25) is 0 Å². The van der Waals surface area contributed by atoms with E-state index in [0.29, 0.717) is 6.42 Å². The summed E-state index contributed by atoms with van der Waals surface area (Å²) in [6.07, 6.45) is 14.7. The fourth-order valence-electron chi connectivity index (χ4n) is 2.11. The normalized spacial score (nSPS) is 14.6. The summed E-state index contributed by atoms with van der Waals surface area (Å²) >= 11 is -2.10. The Morgan fingerprint density at radius 2 is 1.28 bits per heavy atom. The SMILES string of the molecule is CCCCCCCCCCCCCC(N)S(=O)[O-]. The molecule has 2 N–H and O–H groups in total. The van der Waals surface area contributed by atoms with Crippen LogP contribution in [0.1, 0.15) is 84.0 Å². The van der Waals surface area contributed by atoms with Crippen LogP contribution >= 0.6 is 0 Å². The molecule has 4 heteroatoms. The van der Waals surface area contributed by atoms with Crippen molar-refractivity contribution in [3.63, 3.8) is 0 Å². The average molecular weight is 276 g/mol. The van der Waals surface area contributed by atoms with Crippen LogP contribution in [0.5, 0.6) is 0 Å². The second-order valence-corrected chi connectivity index (χ2v) is 6.25. The maximum absolute atomic E-state index is 10.5. The van der Waals surface area contributed by atoms with E-state index in [4.69, 9.17) is 5.73 Å². The summed E-state index contributed by atoms with van der Waals surface area (Å²) in [6.45, 7) is 2.24. The van der Waals surface area contributed by atoms with Gasteiger partial charge < -0.3 is 10.3 Å². The molecular weight excluding hydrogens is 246 g/mol. The van der Waals surface area contributed by atoms with Crippen molar-refractivity contribution in [3.8, 4) is 0 Å². The molecule has 2 unspecified atom stereocenters. The summed E-state index contributed by atoms with van der Waals surface area (Å²) in [5, 5.41) is -0.663. The molecule has 110 valence electrons. The molecular formula is C14H30NO2S-. The first-order valence-corrected chi connectivity index (χ1v) is 8.66. The van der Waals surface area contributed by atoms with Gasteiger partial charge in [-0.2, -0.15) is 0 Å². The van der Waals surface area contributed by atoms with Gasteiger partial charge in [0.05, 0.1) is 5.37 Å². The standard InChI is InChI=1S/C14H31NO2S/c1-2-3-4-5-6-7-8-9-10-11-12-13-14(15)18(16)17/h14H,2-13,15H2,1H3,(H,16,17)/p-1. The molecule has 0 rings (SSSR count). The quantitative estimate of drug-likeness (QED) is 0.410. The molecule has 0 radical (unpaired) electrons. The Bertz CT molecular complexity index is 200. The van der Waals surface area contributed by atoms with Crippen LogP contribution in [-0.2, 0) is 11.1 Å². The Morgan fingerprint density at radius 1 is 0.889 bits per heavy atom. The molecule has 0 spiro atoms. The predicted molar refractivity (Wildman–Crippen MR) is 78.0 cm³/mol. The van der Waals surface area contributed by atoms with Crippen LogP contribution in [0.4, 0.5) is 0 Å². The second kappa shape index (κ2) is 13.5. The molecule has 0 aromatic heterocycles. The van der Waals surface area contributed by atoms with Gasteiger partial charge in [0.25, 0.3) is 0 Å². The topological polar surface area (TPSA) is 66.2 Å². The van der Waals surface area contributed by atoms with Gasteiger partial charge in [0.1, 0.15) is 0 Å². The lowest BCUT2D eigenvalue weighted by Gasteiger charge is -2.13. The van der Waals surface area contributed by atoms with Crippen LogP contribution < -0.4 is 5.73 Å². The minimum atomic E-state index is -2.10. The van der Waals surface area contributed by atoms with Crippen molar-refractivity contribution >= 4 is 11.1 Å². The summed E-state index contributed by atoms with van der Waals surface area (Å²) in [7, 11) is 0. The highest BCUT2D eigenvalue weighted by Gasteiger charge is 2.01. The van der Waals surface area contributed by atoms with E-state index in [9.17, 15) is 8.76 Å². The van der Waals surface area contributed by atoms with Gasteiger partial charge in [-0.05, 0) is 17.5 Å². The maximum atomic E-state index is 10.5. The van der Waals surface area contributed by atoms with Crippen molar-refractivity contribution in [1.82, 2.24) is 0 Å². The largest absolute Gasteiger partial charge is 0.771 e. The molecule has 0 heterocycles. The van der Waals surface area contributed by atoms with Gasteiger partial charge in [-0.3, -0.25) is 4.21 Å². The van der Waals surface area contributed by atoms with E-state index in [1.165, 1.54) is 57.8 Å². The van der Waals surface area contributed by atoms with Gasteiger partial charge in [-0.25, -0.2) is 0 Å². The molecule has 0 aromatic rings. The van der Waals surface area contributed by atoms with Gasteiger partial charge in [-0.15, -0.1) is 0 Å². The van der Waals surface area contributed by atoms with Crippen LogP contribution in [0.25, 0.3) is 0 Å². The monoisotopic (exact) mass is 276 g/mol. The zero-order valence-electron chi connectivity index (χ0n) is 11.9. The number of unbranched alkanes of at least 4 members (excludes halogenated alkanes) is 10. The molecule has 0 aromatic carbocycles. The lowest BCUT2D eigenvalue weighted by atomic mass is 10.1. The molecule has 3 nitrogen and oxygen atoms in total. The molecule has 0 aliphatic carbocycles. The molecule has 0 saturated heterocycles. The average Bonchev–Trinajstić information content (AvgIpc) is 2.35. The first-order valence-electron chi connectivity index (χ1n) is 7.52. The van der Waals surface area contributed by atoms with Crippen molar-refractivity contribution < 1.29 is 8.76 Å². The third-order valence-corrected chi connectivity index (χ3v) is 4.07. The summed E-state index contributed by atoms with van der Waals surface area (Å²) in [5.41, 5.74) is 5.42. The smallest absolute Gasteiger partial charge is 0.0676 e. The van der Waals surface area contributed by atoms with E-state index in [0.717, 1.165) is 12.8 Å².